The van der Waals surface area contributed by atoms with E-state index in [4.69, 9.17) is 4.74 Å². The first-order valence-electron chi connectivity index (χ1n) is 4.89. The molecule has 0 fully saturated rings. The number of aromatic nitrogens is 1. The van der Waals surface area contributed by atoms with Crippen LogP contribution in [0.1, 0.15) is 19.4 Å². The summed E-state index contributed by atoms with van der Waals surface area (Å²) in [7, 11) is 0. The van der Waals surface area contributed by atoms with E-state index < -0.39 is 0 Å². The number of hydrogen-bond donors (Lipinski definition) is 0. The molecule has 1 aromatic rings. The van der Waals surface area contributed by atoms with Crippen molar-refractivity contribution in [1.82, 2.24) is 0 Å². The highest BCUT2D eigenvalue weighted by molar-refractivity contribution is 5.67. The third-order valence-electron chi connectivity index (χ3n) is 1.99. The van der Waals surface area contributed by atoms with Crippen LogP contribution in [0.2, 0.25) is 0 Å². The maximum Gasteiger partial charge on any atom is 0.372 e. The first-order valence-corrected chi connectivity index (χ1v) is 4.89. The van der Waals surface area contributed by atoms with E-state index in [2.05, 4.69) is 6.92 Å². The number of nitrogens with zero attached hydrogens (tertiary/aromatic N) is 1. The van der Waals surface area contributed by atoms with Gasteiger partial charge in [-0.3, -0.25) is 0 Å². The second-order valence-electron chi connectivity index (χ2n) is 3.04. The number of aryl methyl sites for hydroxylation is 1. The Morgan fingerprint density at radius 1 is 1.36 bits per heavy atom. The molecule has 0 bridgehead atoms. The van der Waals surface area contributed by atoms with Gasteiger partial charge in [0.1, 0.15) is 0 Å². The quantitative estimate of drug-likeness (QED) is 0.530. The Balaban J connectivity index is 2.55. The topological polar surface area (TPSA) is 30.2 Å². The molecule has 1 aromatic heterocycles. The fourth-order valence-corrected chi connectivity index (χ4v) is 1.19. The lowest BCUT2D eigenvalue weighted by Crippen LogP contribution is -2.37. The molecule has 1 heterocycles. The first-order chi connectivity index (χ1) is 6.76. The van der Waals surface area contributed by atoms with Gasteiger partial charge in [-0.1, -0.05) is 6.92 Å². The Bertz CT molecular complexity index is 293. The average Bonchev–Trinajstić information content (AvgIpc) is 2.19. The van der Waals surface area contributed by atoms with Crippen LogP contribution in [0, 0.1) is 0 Å². The zero-order chi connectivity index (χ0) is 10.4. The van der Waals surface area contributed by atoms with Gasteiger partial charge < -0.3 is 4.74 Å². The summed E-state index contributed by atoms with van der Waals surface area (Å²) in [5.41, 5.74) is 1.27. The van der Waals surface area contributed by atoms with Crippen LogP contribution in [0.3, 0.4) is 0 Å². The Hall–Kier alpha value is -1.38. The summed E-state index contributed by atoms with van der Waals surface area (Å²) in [5.74, 6) is -0.193. The Labute approximate surface area is 84.3 Å². The van der Waals surface area contributed by atoms with Crippen molar-refractivity contribution < 1.29 is 14.1 Å². The number of hydrogen-bond acceptors (Lipinski definition) is 2. The highest BCUT2D eigenvalue weighted by Gasteiger charge is 2.08. The summed E-state index contributed by atoms with van der Waals surface area (Å²) in [5, 5.41) is 0. The third-order valence-corrected chi connectivity index (χ3v) is 1.99. The fourth-order valence-electron chi connectivity index (χ4n) is 1.19. The Kier molecular flexibility index (Phi) is 4.11. The standard InChI is InChI=1S/C11H16NO2/c1-3-10-5-7-12(8-6-10)9-11(13)14-4-2/h5-8H,3-4,9H2,1-2H3/q+1. The summed E-state index contributed by atoms with van der Waals surface area (Å²) < 4.78 is 6.66. The van der Waals surface area contributed by atoms with Crippen LogP contribution in [0.4, 0.5) is 0 Å². The minimum absolute atomic E-state index is 0.193. The van der Waals surface area contributed by atoms with E-state index in [0.717, 1.165) is 6.42 Å². The van der Waals surface area contributed by atoms with Gasteiger partial charge in [-0.05, 0) is 18.9 Å². The van der Waals surface area contributed by atoms with Gasteiger partial charge in [0.25, 0.3) is 0 Å². The molecule has 0 radical (unpaired) electrons. The highest BCUT2D eigenvalue weighted by Crippen LogP contribution is 1.94. The SMILES string of the molecule is CCOC(=O)C[n+]1ccc(CC)cc1. The average molecular weight is 194 g/mol. The van der Waals surface area contributed by atoms with Crippen LogP contribution in [0.5, 0.6) is 0 Å². The van der Waals surface area contributed by atoms with E-state index in [1.54, 1.807) is 0 Å². The molecule has 14 heavy (non-hydrogen) atoms. The van der Waals surface area contributed by atoms with Gasteiger partial charge >= 0.3 is 5.97 Å². The van der Waals surface area contributed by atoms with Gasteiger partial charge in [0.2, 0.25) is 6.54 Å². The van der Waals surface area contributed by atoms with Gasteiger partial charge in [0, 0.05) is 12.1 Å². The van der Waals surface area contributed by atoms with Crippen LogP contribution < -0.4 is 4.57 Å². The minimum atomic E-state index is -0.193. The molecule has 0 saturated carbocycles. The van der Waals surface area contributed by atoms with Crippen LogP contribution in [-0.4, -0.2) is 12.6 Å². The zero-order valence-electron chi connectivity index (χ0n) is 8.69. The predicted molar refractivity (Wildman–Crippen MR) is 52.6 cm³/mol. The molecule has 0 spiro atoms. The van der Waals surface area contributed by atoms with Crippen LogP contribution in [0.15, 0.2) is 24.5 Å². The number of rotatable bonds is 4. The summed E-state index contributed by atoms with van der Waals surface area (Å²) >= 11 is 0. The van der Waals surface area contributed by atoms with Gasteiger partial charge in [0.05, 0.1) is 6.61 Å². The molecule has 0 saturated heterocycles. The number of carbonyl (C=O) groups is 1. The minimum Gasteiger partial charge on any atom is -0.461 e. The summed E-state index contributed by atoms with van der Waals surface area (Å²) in [6, 6.07) is 4.03. The summed E-state index contributed by atoms with van der Waals surface area (Å²) in [6.07, 6.45) is 4.81. The molecule has 0 aromatic carbocycles. The van der Waals surface area contributed by atoms with Crippen LogP contribution >= 0.6 is 0 Å². The van der Waals surface area contributed by atoms with E-state index in [0.29, 0.717) is 6.61 Å². The van der Waals surface area contributed by atoms with E-state index in [1.165, 1.54) is 5.56 Å². The third kappa shape index (κ3) is 3.17. The van der Waals surface area contributed by atoms with Crippen molar-refractivity contribution in [2.24, 2.45) is 0 Å². The lowest BCUT2D eigenvalue weighted by molar-refractivity contribution is -0.686. The van der Waals surface area contributed by atoms with Gasteiger partial charge in [0.15, 0.2) is 12.4 Å². The molecular weight excluding hydrogens is 178 g/mol. The van der Waals surface area contributed by atoms with Crippen molar-refractivity contribution in [2.75, 3.05) is 6.61 Å². The van der Waals surface area contributed by atoms with E-state index >= 15 is 0 Å². The molecule has 0 atom stereocenters. The summed E-state index contributed by atoms with van der Waals surface area (Å²) in [6.45, 7) is 4.64. The van der Waals surface area contributed by atoms with E-state index in [-0.39, 0.29) is 12.5 Å². The largest absolute Gasteiger partial charge is 0.461 e. The van der Waals surface area contributed by atoms with Crippen molar-refractivity contribution in [1.29, 1.82) is 0 Å². The second-order valence-corrected chi connectivity index (χ2v) is 3.04. The fraction of sp³-hybridized carbons (Fsp3) is 0.455. The molecular formula is C11H16NO2+. The van der Waals surface area contributed by atoms with Gasteiger partial charge in [-0.15, -0.1) is 0 Å². The Morgan fingerprint density at radius 2 is 2.00 bits per heavy atom. The van der Waals surface area contributed by atoms with Crippen molar-refractivity contribution in [2.45, 2.75) is 26.8 Å². The molecule has 0 N–H and O–H groups in total. The lowest BCUT2D eigenvalue weighted by atomic mass is 10.2. The molecule has 0 aliphatic carbocycles. The van der Waals surface area contributed by atoms with Crippen LogP contribution in [-0.2, 0) is 22.5 Å². The first kappa shape index (κ1) is 10.7. The van der Waals surface area contributed by atoms with E-state index in [1.807, 2.05) is 36.0 Å². The van der Waals surface area contributed by atoms with Gasteiger partial charge in [-0.25, -0.2) is 4.79 Å². The van der Waals surface area contributed by atoms with Crippen LogP contribution in [0.25, 0.3) is 0 Å². The maximum atomic E-state index is 11.1. The molecule has 3 nitrogen and oxygen atoms in total. The van der Waals surface area contributed by atoms with E-state index in [9.17, 15) is 4.79 Å². The van der Waals surface area contributed by atoms with Crippen molar-refractivity contribution >= 4 is 5.97 Å². The van der Waals surface area contributed by atoms with Gasteiger partial charge in [-0.2, -0.15) is 4.57 Å². The molecule has 76 valence electrons. The lowest BCUT2D eigenvalue weighted by Gasteiger charge is -1.98. The molecule has 0 unspecified atom stereocenters. The zero-order valence-corrected chi connectivity index (χ0v) is 8.69. The number of ether oxygens (including phenoxy) is 1. The monoisotopic (exact) mass is 194 g/mol. The molecule has 0 aliphatic rings. The molecule has 0 aliphatic heterocycles. The number of esters is 1. The predicted octanol–water partition coefficient (Wildman–Crippen LogP) is 1.10. The number of pyridine rings is 1. The normalized spacial score (nSPS) is 9.86. The summed E-state index contributed by atoms with van der Waals surface area (Å²) in [4.78, 5) is 11.1. The van der Waals surface area contributed by atoms with Crippen molar-refractivity contribution in [3.8, 4) is 0 Å². The molecule has 3 heteroatoms. The number of carbonyl (C=O) groups excluding carboxylic acids is 1. The smallest absolute Gasteiger partial charge is 0.372 e. The Morgan fingerprint density at radius 3 is 2.50 bits per heavy atom. The molecule has 1 rings (SSSR count). The molecule has 0 amide bonds. The highest BCUT2D eigenvalue weighted by atomic mass is 16.5. The maximum absolute atomic E-state index is 11.1. The van der Waals surface area contributed by atoms with Crippen molar-refractivity contribution in [3.05, 3.63) is 30.1 Å². The van der Waals surface area contributed by atoms with Crippen molar-refractivity contribution in [3.63, 3.8) is 0 Å². The second kappa shape index (κ2) is 5.37.